The maximum absolute atomic E-state index is 13.8. The second kappa shape index (κ2) is 13.7. The molecule has 5 N–H and O–H groups in total. The van der Waals surface area contributed by atoms with Crippen LogP contribution in [0, 0.1) is 11.4 Å². The maximum atomic E-state index is 13.8. The van der Waals surface area contributed by atoms with Crippen LogP contribution in [0.4, 0.5) is 11.4 Å². The number of nitrogens with zero attached hydrogens (tertiary/aromatic N) is 4. The third-order valence-corrected chi connectivity index (χ3v) is 9.38. The van der Waals surface area contributed by atoms with E-state index in [0.717, 1.165) is 41.9 Å². The van der Waals surface area contributed by atoms with Crippen molar-refractivity contribution < 1.29 is 9.90 Å². The average molecular weight is 607 g/mol. The molecule has 0 bridgehead atoms. The predicted octanol–water partition coefficient (Wildman–Crippen LogP) is 4.80. The van der Waals surface area contributed by atoms with Crippen molar-refractivity contribution in [2.75, 3.05) is 25.5 Å². The van der Waals surface area contributed by atoms with Crippen LogP contribution in [0.15, 0.2) is 90.2 Å². The van der Waals surface area contributed by atoms with Gasteiger partial charge in [-0.3, -0.25) is 14.4 Å². The van der Waals surface area contributed by atoms with E-state index < -0.39 is 12.3 Å². The van der Waals surface area contributed by atoms with Gasteiger partial charge in [0.15, 0.2) is 0 Å². The summed E-state index contributed by atoms with van der Waals surface area (Å²) < 4.78 is 1.87. The molecule has 45 heavy (non-hydrogen) atoms. The van der Waals surface area contributed by atoms with E-state index in [9.17, 15) is 9.90 Å². The zero-order valence-corrected chi connectivity index (χ0v) is 25.9. The first-order valence-electron chi connectivity index (χ1n) is 15.7. The number of hydrogen-bond donors (Lipinski definition) is 5. The fraction of sp³-hybridized carbons (Fsp3) is 0.371. The van der Waals surface area contributed by atoms with Gasteiger partial charge in [-0.15, -0.1) is 0 Å². The summed E-state index contributed by atoms with van der Waals surface area (Å²) in [4.78, 5) is 15.8. The molecule has 1 unspecified atom stereocenters. The molecule has 3 aromatic carbocycles. The lowest BCUT2D eigenvalue weighted by Crippen LogP contribution is -2.53. The van der Waals surface area contributed by atoms with E-state index in [1.54, 1.807) is 13.2 Å². The second-order valence-electron chi connectivity index (χ2n) is 12.3. The van der Waals surface area contributed by atoms with Crippen LogP contribution in [0.25, 0.3) is 11.3 Å². The number of aliphatic hydroxyl groups excluding tert-OH is 1. The Kier molecular flexibility index (Phi) is 9.34. The van der Waals surface area contributed by atoms with Gasteiger partial charge in [-0.05, 0) is 71.6 Å². The van der Waals surface area contributed by atoms with Gasteiger partial charge < -0.3 is 21.1 Å². The number of rotatable bonds is 11. The highest BCUT2D eigenvalue weighted by molar-refractivity contribution is 5.82. The number of anilines is 1. The van der Waals surface area contributed by atoms with Gasteiger partial charge in [0.25, 0.3) is 0 Å². The molecule has 10 nitrogen and oxygen atoms in total. The first-order chi connectivity index (χ1) is 21.9. The minimum absolute atomic E-state index is 0.0947. The Hall–Kier alpha value is -4.38. The molecule has 0 spiro atoms. The number of amides is 1. The predicted molar refractivity (Wildman–Crippen MR) is 175 cm³/mol. The van der Waals surface area contributed by atoms with Crippen LogP contribution in [-0.2, 0) is 24.8 Å². The van der Waals surface area contributed by atoms with Gasteiger partial charge in [-0.25, -0.2) is 5.53 Å². The Morgan fingerprint density at radius 1 is 1.09 bits per heavy atom. The van der Waals surface area contributed by atoms with Gasteiger partial charge in [0.2, 0.25) is 5.91 Å². The summed E-state index contributed by atoms with van der Waals surface area (Å²) in [5.41, 5.74) is 14.3. The summed E-state index contributed by atoms with van der Waals surface area (Å²) in [6.07, 6.45) is 3.31. The largest absolute Gasteiger partial charge is 0.386 e. The first kappa shape index (κ1) is 30.6. The molecular formula is C35H42N8O2. The summed E-state index contributed by atoms with van der Waals surface area (Å²) in [6.45, 7) is 1.76. The van der Waals surface area contributed by atoms with Crippen LogP contribution in [0.1, 0.15) is 35.4 Å². The fourth-order valence-corrected chi connectivity index (χ4v) is 6.95. The van der Waals surface area contributed by atoms with Crippen molar-refractivity contribution >= 4 is 17.3 Å². The molecule has 2 fully saturated rings. The topological polar surface area (TPSA) is 131 Å². The SMILES string of the molecule is CNc1ccc(CNC(=O)[C@@H]2C[C@@H](Cc3ccc(-c4ccnn4C)cc3)CN2C(O)[C@H]2C[C@@H](c3ccccc3)CN2)cc1N=N. The van der Waals surface area contributed by atoms with Crippen molar-refractivity contribution in [1.29, 1.82) is 5.53 Å². The van der Waals surface area contributed by atoms with Gasteiger partial charge in [-0.2, -0.15) is 10.2 Å². The van der Waals surface area contributed by atoms with E-state index in [1.165, 1.54) is 11.1 Å². The molecule has 4 aromatic rings. The Balaban J connectivity index is 1.16. The van der Waals surface area contributed by atoms with Crippen LogP contribution in [0.2, 0.25) is 0 Å². The third kappa shape index (κ3) is 6.83. The van der Waals surface area contributed by atoms with Crippen molar-refractivity contribution in [3.63, 3.8) is 0 Å². The van der Waals surface area contributed by atoms with Gasteiger partial charge >= 0.3 is 0 Å². The molecule has 1 amide bonds. The molecule has 1 aromatic heterocycles. The number of benzene rings is 3. The smallest absolute Gasteiger partial charge is 0.237 e. The zero-order valence-electron chi connectivity index (χ0n) is 25.9. The minimum atomic E-state index is -0.782. The number of aromatic nitrogens is 2. The summed E-state index contributed by atoms with van der Waals surface area (Å²) >= 11 is 0. The summed E-state index contributed by atoms with van der Waals surface area (Å²) in [7, 11) is 3.73. The second-order valence-corrected chi connectivity index (χ2v) is 12.3. The highest BCUT2D eigenvalue weighted by Crippen LogP contribution is 2.34. The van der Waals surface area contributed by atoms with Gasteiger partial charge in [-0.1, -0.05) is 60.7 Å². The number of aryl methyl sites for hydroxylation is 1. The van der Waals surface area contributed by atoms with Crippen LogP contribution >= 0.6 is 0 Å². The summed E-state index contributed by atoms with van der Waals surface area (Å²) in [6, 6.07) is 26.0. The van der Waals surface area contributed by atoms with Crippen LogP contribution < -0.4 is 16.0 Å². The lowest BCUT2D eigenvalue weighted by atomic mass is 9.95. The number of carbonyl (C=O) groups excluding carboxylic acids is 1. The van der Waals surface area contributed by atoms with E-state index in [1.807, 2.05) is 47.0 Å². The molecule has 2 aliphatic heterocycles. The van der Waals surface area contributed by atoms with E-state index in [-0.39, 0.29) is 17.9 Å². The standard InChI is InChI=1S/C35H42N8O2/c1-37-29-13-10-24(17-30(29)41-36)20-39-34(44)33-18-25(16-23-8-11-27(12-9-23)32-14-15-40-42(32)2)22-43(33)35(45)31-19-28(21-38-31)26-6-4-3-5-7-26/h3-15,17,25,28,31,33,35-38,45H,16,18-22H2,1-2H3,(H,39,44)/t25-,28-,31-,33+,35?/m1/s1. The first-order valence-corrected chi connectivity index (χ1v) is 15.7. The van der Waals surface area contributed by atoms with Crippen LogP contribution in [0.3, 0.4) is 0 Å². The number of carbonyl (C=O) groups is 1. The van der Waals surface area contributed by atoms with Crippen molar-refractivity contribution in [3.8, 4) is 11.3 Å². The van der Waals surface area contributed by atoms with Crippen LogP contribution in [-0.4, -0.2) is 64.1 Å². The molecule has 0 saturated carbocycles. The number of hydrogen-bond acceptors (Lipinski definition) is 8. The van der Waals surface area contributed by atoms with Gasteiger partial charge in [0.05, 0.1) is 17.4 Å². The molecule has 6 rings (SSSR count). The number of likely N-dealkylation sites (tertiary alicyclic amines) is 1. The van der Waals surface area contributed by atoms with Crippen LogP contribution in [0.5, 0.6) is 0 Å². The monoisotopic (exact) mass is 606 g/mol. The molecule has 0 aliphatic carbocycles. The summed E-state index contributed by atoms with van der Waals surface area (Å²) in [5, 5.41) is 29.3. The molecular weight excluding hydrogens is 564 g/mol. The summed E-state index contributed by atoms with van der Waals surface area (Å²) in [5.74, 6) is 0.447. The molecule has 3 heterocycles. The molecule has 5 atom stereocenters. The lowest BCUT2D eigenvalue weighted by molar-refractivity contribution is -0.130. The van der Waals surface area contributed by atoms with E-state index in [4.69, 9.17) is 5.53 Å². The number of nitrogens with one attached hydrogen (secondary N) is 4. The third-order valence-electron chi connectivity index (χ3n) is 9.38. The van der Waals surface area contributed by atoms with E-state index >= 15 is 0 Å². The van der Waals surface area contributed by atoms with Crippen molar-refractivity contribution in [3.05, 3.63) is 102 Å². The van der Waals surface area contributed by atoms with Crippen molar-refractivity contribution in [2.45, 2.75) is 50.0 Å². The highest BCUT2D eigenvalue weighted by Gasteiger charge is 2.43. The molecule has 10 heteroatoms. The quantitative estimate of drug-likeness (QED) is 0.156. The van der Waals surface area contributed by atoms with Crippen molar-refractivity contribution in [2.24, 2.45) is 18.1 Å². The molecule has 2 saturated heterocycles. The zero-order chi connectivity index (χ0) is 31.3. The Labute approximate surface area is 264 Å². The normalized spacial score (nSPS) is 22.3. The Morgan fingerprint density at radius 3 is 2.58 bits per heavy atom. The maximum Gasteiger partial charge on any atom is 0.237 e. The van der Waals surface area contributed by atoms with E-state index in [2.05, 4.69) is 74.7 Å². The fourth-order valence-electron chi connectivity index (χ4n) is 6.95. The minimum Gasteiger partial charge on any atom is -0.386 e. The lowest BCUT2D eigenvalue weighted by Gasteiger charge is -2.32. The van der Waals surface area contributed by atoms with Crippen molar-refractivity contribution in [1.82, 2.24) is 25.3 Å². The van der Waals surface area contributed by atoms with Gasteiger partial charge in [0, 0.05) is 46.0 Å². The molecule has 234 valence electrons. The molecule has 0 radical (unpaired) electrons. The Bertz CT molecular complexity index is 1610. The average Bonchev–Trinajstić information content (AvgIpc) is 3.84. The van der Waals surface area contributed by atoms with E-state index in [0.29, 0.717) is 31.1 Å². The molecule has 2 aliphatic rings. The number of aliphatic hydroxyl groups is 1. The Morgan fingerprint density at radius 2 is 1.87 bits per heavy atom. The van der Waals surface area contributed by atoms with Gasteiger partial charge in [0.1, 0.15) is 11.9 Å². The highest BCUT2D eigenvalue weighted by atomic mass is 16.3.